The van der Waals surface area contributed by atoms with E-state index in [9.17, 15) is 14.4 Å². The number of nitrogens with one attached hydrogen (secondary N) is 1. The highest BCUT2D eigenvalue weighted by atomic mass is 16.4. The molecule has 0 aliphatic rings. The van der Waals surface area contributed by atoms with Gasteiger partial charge in [0.25, 0.3) is 5.91 Å². The Kier molecular flexibility index (Phi) is 6.28. The van der Waals surface area contributed by atoms with Gasteiger partial charge in [-0.15, -0.1) is 0 Å². The monoisotopic (exact) mass is 282 g/mol. The topological polar surface area (TPSA) is 99.9 Å². The zero-order valence-electron chi connectivity index (χ0n) is 11.3. The number of carboxylic acid groups (broad SMARTS) is 1. The molecule has 1 heterocycles. The lowest BCUT2D eigenvalue weighted by atomic mass is 10.3. The Morgan fingerprint density at radius 2 is 2.15 bits per heavy atom. The first-order valence-corrected chi connectivity index (χ1v) is 6.35. The van der Waals surface area contributed by atoms with E-state index in [-0.39, 0.29) is 31.2 Å². The van der Waals surface area contributed by atoms with Gasteiger partial charge in [-0.25, -0.2) is 0 Å². The van der Waals surface area contributed by atoms with Crippen molar-refractivity contribution in [2.45, 2.75) is 19.8 Å². The molecule has 2 amide bonds. The van der Waals surface area contributed by atoms with Gasteiger partial charge in [0.15, 0.2) is 5.76 Å². The number of carbonyl (C=O) groups is 3. The molecule has 0 fully saturated rings. The molecule has 0 aromatic carbocycles. The highest BCUT2D eigenvalue weighted by molar-refractivity contribution is 5.91. The summed E-state index contributed by atoms with van der Waals surface area (Å²) < 4.78 is 4.91. The van der Waals surface area contributed by atoms with E-state index >= 15 is 0 Å². The minimum Gasteiger partial charge on any atom is -0.480 e. The van der Waals surface area contributed by atoms with Crippen LogP contribution < -0.4 is 5.32 Å². The summed E-state index contributed by atoms with van der Waals surface area (Å²) in [5, 5.41) is 11.3. The van der Waals surface area contributed by atoms with E-state index in [2.05, 4.69) is 5.32 Å². The van der Waals surface area contributed by atoms with Gasteiger partial charge in [0.05, 0.1) is 6.26 Å². The summed E-state index contributed by atoms with van der Waals surface area (Å²) in [6, 6.07) is 3.11. The van der Waals surface area contributed by atoms with Crippen LogP contribution in [0.25, 0.3) is 0 Å². The van der Waals surface area contributed by atoms with Gasteiger partial charge in [-0.3, -0.25) is 14.4 Å². The average Bonchev–Trinajstić information content (AvgIpc) is 2.91. The minimum atomic E-state index is -1.05. The summed E-state index contributed by atoms with van der Waals surface area (Å²) >= 11 is 0. The van der Waals surface area contributed by atoms with Gasteiger partial charge in [0, 0.05) is 19.5 Å². The third-order valence-electron chi connectivity index (χ3n) is 2.54. The van der Waals surface area contributed by atoms with E-state index < -0.39 is 11.9 Å². The molecule has 0 radical (unpaired) electrons. The summed E-state index contributed by atoms with van der Waals surface area (Å²) in [6.45, 7) is 2.06. The van der Waals surface area contributed by atoms with Gasteiger partial charge in [0.1, 0.15) is 6.54 Å². The number of hydrogen-bond acceptors (Lipinski definition) is 4. The number of rotatable bonds is 8. The van der Waals surface area contributed by atoms with Crippen molar-refractivity contribution in [2.75, 3.05) is 19.6 Å². The van der Waals surface area contributed by atoms with Crippen molar-refractivity contribution in [3.05, 3.63) is 24.2 Å². The summed E-state index contributed by atoms with van der Waals surface area (Å²) in [6.07, 6.45) is 2.12. The molecule has 2 N–H and O–H groups in total. The number of furan rings is 1. The van der Waals surface area contributed by atoms with Gasteiger partial charge >= 0.3 is 5.97 Å². The molecule has 20 heavy (non-hydrogen) atoms. The maximum absolute atomic E-state index is 11.8. The first-order chi connectivity index (χ1) is 9.54. The van der Waals surface area contributed by atoms with Gasteiger partial charge in [-0.1, -0.05) is 6.92 Å². The summed E-state index contributed by atoms with van der Waals surface area (Å²) in [5.41, 5.74) is 0. The first-order valence-electron chi connectivity index (χ1n) is 6.35. The van der Waals surface area contributed by atoms with Crippen molar-refractivity contribution < 1.29 is 23.9 Å². The molecule has 7 nitrogen and oxygen atoms in total. The Balaban J connectivity index is 2.37. The molecule has 1 aromatic rings. The highest BCUT2D eigenvalue weighted by Gasteiger charge is 2.16. The molecule has 0 aliphatic carbocycles. The zero-order chi connectivity index (χ0) is 15.0. The summed E-state index contributed by atoms with van der Waals surface area (Å²) in [5.74, 6) is -1.57. The van der Waals surface area contributed by atoms with Gasteiger partial charge in [-0.05, 0) is 18.6 Å². The highest BCUT2D eigenvalue weighted by Crippen LogP contribution is 2.00. The second-order valence-electron chi connectivity index (χ2n) is 4.19. The number of carboxylic acids is 1. The molecule has 0 saturated heterocycles. The number of nitrogens with zero attached hydrogens (tertiary/aromatic N) is 1. The van der Waals surface area contributed by atoms with Crippen molar-refractivity contribution in [1.82, 2.24) is 10.2 Å². The quantitative estimate of drug-likeness (QED) is 0.732. The predicted octanol–water partition coefficient (Wildman–Crippen LogP) is 0.723. The Bertz CT molecular complexity index is 455. The van der Waals surface area contributed by atoms with Crippen LogP contribution >= 0.6 is 0 Å². The number of hydrogen-bond donors (Lipinski definition) is 2. The maximum atomic E-state index is 11.8. The smallest absolute Gasteiger partial charge is 0.323 e. The molecular weight excluding hydrogens is 264 g/mol. The van der Waals surface area contributed by atoms with Crippen LogP contribution in [0, 0.1) is 0 Å². The van der Waals surface area contributed by atoms with Crippen molar-refractivity contribution in [1.29, 1.82) is 0 Å². The average molecular weight is 282 g/mol. The lowest BCUT2D eigenvalue weighted by molar-refractivity contribution is -0.144. The van der Waals surface area contributed by atoms with Crippen molar-refractivity contribution >= 4 is 17.8 Å². The fraction of sp³-hybridized carbons (Fsp3) is 0.462. The lowest BCUT2D eigenvalue weighted by Gasteiger charge is -2.19. The molecule has 1 aromatic heterocycles. The Hall–Kier alpha value is -2.31. The molecule has 110 valence electrons. The Morgan fingerprint density at radius 1 is 1.40 bits per heavy atom. The molecular formula is C13H18N2O5. The van der Waals surface area contributed by atoms with E-state index in [0.29, 0.717) is 13.0 Å². The van der Waals surface area contributed by atoms with Gasteiger partial charge in [0.2, 0.25) is 5.91 Å². The van der Waals surface area contributed by atoms with E-state index in [4.69, 9.17) is 9.52 Å². The van der Waals surface area contributed by atoms with Crippen LogP contribution in [-0.2, 0) is 9.59 Å². The SMILES string of the molecule is CCCN(CC(=O)O)C(=O)CCNC(=O)c1ccco1. The number of carbonyl (C=O) groups excluding carboxylic acids is 2. The molecule has 0 spiro atoms. The third kappa shape index (κ3) is 5.13. The van der Waals surface area contributed by atoms with E-state index in [1.165, 1.54) is 17.2 Å². The van der Waals surface area contributed by atoms with Crippen molar-refractivity contribution in [2.24, 2.45) is 0 Å². The minimum absolute atomic E-state index is 0.0553. The number of aliphatic carboxylic acids is 1. The van der Waals surface area contributed by atoms with Crippen LogP contribution in [0.4, 0.5) is 0 Å². The molecule has 0 bridgehead atoms. The fourth-order valence-corrected chi connectivity index (χ4v) is 1.66. The largest absolute Gasteiger partial charge is 0.480 e. The first kappa shape index (κ1) is 15.7. The zero-order valence-corrected chi connectivity index (χ0v) is 11.3. The summed E-state index contributed by atoms with van der Waals surface area (Å²) in [4.78, 5) is 35.3. The molecule has 0 saturated carbocycles. The molecule has 0 aliphatic heterocycles. The normalized spacial score (nSPS) is 10.1. The molecule has 1 rings (SSSR count). The second-order valence-corrected chi connectivity index (χ2v) is 4.19. The van der Waals surface area contributed by atoms with Crippen LogP contribution in [0.2, 0.25) is 0 Å². The standard InChI is InChI=1S/C13H18N2O5/c1-2-7-15(9-12(17)18)11(16)5-6-14-13(19)10-4-3-8-20-10/h3-4,8H,2,5-7,9H2,1H3,(H,14,19)(H,17,18). The Labute approximate surface area is 116 Å². The Morgan fingerprint density at radius 3 is 2.70 bits per heavy atom. The van der Waals surface area contributed by atoms with Gasteiger partial charge < -0.3 is 19.7 Å². The molecule has 0 atom stereocenters. The molecule has 7 heteroatoms. The van der Waals surface area contributed by atoms with E-state index in [1.54, 1.807) is 6.07 Å². The second kappa shape index (κ2) is 7.98. The third-order valence-corrected chi connectivity index (χ3v) is 2.54. The van der Waals surface area contributed by atoms with Crippen LogP contribution in [0.3, 0.4) is 0 Å². The predicted molar refractivity (Wildman–Crippen MR) is 70.2 cm³/mol. The molecule has 0 unspecified atom stereocenters. The fourth-order valence-electron chi connectivity index (χ4n) is 1.66. The van der Waals surface area contributed by atoms with Crippen LogP contribution in [-0.4, -0.2) is 47.4 Å². The van der Waals surface area contributed by atoms with E-state index in [1.807, 2.05) is 6.92 Å². The number of amides is 2. The maximum Gasteiger partial charge on any atom is 0.323 e. The van der Waals surface area contributed by atoms with Crippen LogP contribution in [0.1, 0.15) is 30.3 Å². The van der Waals surface area contributed by atoms with Crippen LogP contribution in [0.15, 0.2) is 22.8 Å². The lowest BCUT2D eigenvalue weighted by Crippen LogP contribution is -2.38. The van der Waals surface area contributed by atoms with Crippen LogP contribution in [0.5, 0.6) is 0 Å². The van der Waals surface area contributed by atoms with E-state index in [0.717, 1.165) is 0 Å². The summed E-state index contributed by atoms with van der Waals surface area (Å²) in [7, 11) is 0. The van der Waals surface area contributed by atoms with Gasteiger partial charge in [-0.2, -0.15) is 0 Å². The van der Waals surface area contributed by atoms with Crippen molar-refractivity contribution in [3.63, 3.8) is 0 Å². The van der Waals surface area contributed by atoms with Crippen molar-refractivity contribution in [3.8, 4) is 0 Å².